The Kier molecular flexibility index (Phi) is 3.91. The average Bonchev–Trinajstić information content (AvgIpc) is 2.98. The zero-order valence-corrected chi connectivity index (χ0v) is 12.4. The van der Waals surface area contributed by atoms with Crippen LogP contribution in [0.5, 0.6) is 0 Å². The van der Waals surface area contributed by atoms with Gasteiger partial charge in [0.25, 0.3) is 0 Å². The summed E-state index contributed by atoms with van der Waals surface area (Å²) in [5, 5.41) is 0.743. The predicted octanol–water partition coefficient (Wildman–Crippen LogP) is 3.84. The summed E-state index contributed by atoms with van der Waals surface area (Å²) in [7, 11) is 0. The molecule has 2 heterocycles. The zero-order chi connectivity index (χ0) is 13.2. The van der Waals surface area contributed by atoms with E-state index in [2.05, 4.69) is 14.5 Å². The number of fused-ring (bicyclic) bond motifs is 1. The van der Waals surface area contributed by atoms with E-state index < -0.39 is 0 Å². The summed E-state index contributed by atoms with van der Waals surface area (Å²) in [5.41, 5.74) is 2.18. The van der Waals surface area contributed by atoms with Crippen molar-refractivity contribution in [2.75, 3.05) is 19.6 Å². The number of benzene rings is 1. The number of rotatable bonds is 4. The minimum atomic E-state index is 0.743. The Morgan fingerprint density at radius 1 is 1.21 bits per heavy atom. The van der Waals surface area contributed by atoms with Gasteiger partial charge in [-0.05, 0) is 69.3 Å². The molecule has 5 heteroatoms. The molecule has 19 heavy (non-hydrogen) atoms. The second-order valence-electron chi connectivity index (χ2n) is 5.15. The first-order valence-electron chi connectivity index (χ1n) is 6.84. The lowest BCUT2D eigenvalue weighted by Crippen LogP contribution is -2.21. The molecule has 3 rings (SSSR count). The van der Waals surface area contributed by atoms with Crippen LogP contribution in [0.3, 0.4) is 0 Å². The van der Waals surface area contributed by atoms with Crippen molar-refractivity contribution in [1.82, 2.24) is 14.5 Å². The molecule has 0 spiro atoms. The number of nitrogens with zero attached hydrogens (tertiary/aromatic N) is 2. The Hall–Kier alpha value is -0.840. The number of aromatic nitrogens is 2. The first kappa shape index (κ1) is 13.2. The summed E-state index contributed by atoms with van der Waals surface area (Å²) in [5.74, 6) is 0. The number of likely N-dealkylation sites (tertiary alicyclic amines) is 1. The third-order valence-electron chi connectivity index (χ3n) is 3.79. The summed E-state index contributed by atoms with van der Waals surface area (Å²) >= 11 is 11.4. The number of aryl methyl sites for hydroxylation is 1. The van der Waals surface area contributed by atoms with Crippen molar-refractivity contribution < 1.29 is 0 Å². The summed E-state index contributed by atoms with van der Waals surface area (Å²) in [6, 6.07) is 5.90. The predicted molar refractivity (Wildman–Crippen MR) is 82.4 cm³/mol. The van der Waals surface area contributed by atoms with Gasteiger partial charge < -0.3 is 14.5 Å². The van der Waals surface area contributed by atoms with Crippen LogP contribution in [0.25, 0.3) is 11.0 Å². The van der Waals surface area contributed by atoms with Gasteiger partial charge in [-0.1, -0.05) is 11.6 Å². The van der Waals surface area contributed by atoms with Gasteiger partial charge in [-0.3, -0.25) is 0 Å². The molecule has 1 aliphatic rings. The van der Waals surface area contributed by atoms with Gasteiger partial charge in [0.2, 0.25) is 0 Å². The molecule has 1 aromatic carbocycles. The number of nitrogens with one attached hydrogen (secondary N) is 1. The lowest BCUT2D eigenvalue weighted by molar-refractivity contribution is 0.326. The number of halogens is 1. The number of imidazole rings is 1. The van der Waals surface area contributed by atoms with Gasteiger partial charge in [0.15, 0.2) is 4.77 Å². The Balaban J connectivity index is 1.73. The molecular formula is C14H18ClN3S. The second kappa shape index (κ2) is 5.65. The smallest absolute Gasteiger partial charge is 0.178 e. The highest BCUT2D eigenvalue weighted by atomic mass is 35.5. The van der Waals surface area contributed by atoms with E-state index >= 15 is 0 Å². The van der Waals surface area contributed by atoms with Crippen molar-refractivity contribution in [3.63, 3.8) is 0 Å². The van der Waals surface area contributed by atoms with Gasteiger partial charge >= 0.3 is 0 Å². The van der Waals surface area contributed by atoms with E-state index in [-0.39, 0.29) is 0 Å². The molecular weight excluding hydrogens is 278 g/mol. The minimum absolute atomic E-state index is 0.743. The SMILES string of the molecule is S=c1[nH]c2cc(Cl)ccc2n1CCCN1CCCC1. The van der Waals surface area contributed by atoms with Gasteiger partial charge in [-0.2, -0.15) is 0 Å². The van der Waals surface area contributed by atoms with E-state index in [4.69, 9.17) is 23.8 Å². The number of aromatic amines is 1. The molecule has 0 atom stereocenters. The third kappa shape index (κ3) is 2.86. The van der Waals surface area contributed by atoms with E-state index in [9.17, 15) is 0 Å². The maximum absolute atomic E-state index is 6.00. The Morgan fingerprint density at radius 2 is 2.00 bits per heavy atom. The molecule has 0 aliphatic carbocycles. The molecule has 0 amide bonds. The lowest BCUT2D eigenvalue weighted by atomic mass is 10.3. The number of hydrogen-bond acceptors (Lipinski definition) is 2. The van der Waals surface area contributed by atoms with Crippen molar-refractivity contribution in [1.29, 1.82) is 0 Å². The molecule has 1 aromatic heterocycles. The van der Waals surface area contributed by atoms with Crippen LogP contribution in [0.2, 0.25) is 5.02 Å². The van der Waals surface area contributed by atoms with E-state index in [1.807, 2.05) is 18.2 Å². The number of hydrogen-bond donors (Lipinski definition) is 1. The van der Waals surface area contributed by atoms with Crippen LogP contribution in [0.15, 0.2) is 18.2 Å². The van der Waals surface area contributed by atoms with E-state index in [0.717, 1.165) is 33.8 Å². The molecule has 0 radical (unpaired) electrons. The van der Waals surface area contributed by atoms with E-state index in [1.54, 1.807) is 0 Å². The highest BCUT2D eigenvalue weighted by Crippen LogP contribution is 2.19. The third-order valence-corrected chi connectivity index (χ3v) is 4.35. The van der Waals surface area contributed by atoms with Crippen LogP contribution >= 0.6 is 23.8 Å². The second-order valence-corrected chi connectivity index (χ2v) is 5.97. The van der Waals surface area contributed by atoms with Crippen LogP contribution in [-0.4, -0.2) is 34.1 Å². The van der Waals surface area contributed by atoms with Crippen LogP contribution < -0.4 is 0 Å². The molecule has 0 saturated carbocycles. The van der Waals surface area contributed by atoms with Gasteiger partial charge in [0.05, 0.1) is 11.0 Å². The molecule has 3 nitrogen and oxygen atoms in total. The fraction of sp³-hybridized carbons (Fsp3) is 0.500. The highest BCUT2D eigenvalue weighted by molar-refractivity contribution is 7.71. The lowest BCUT2D eigenvalue weighted by Gasteiger charge is -2.14. The summed E-state index contributed by atoms with van der Waals surface area (Å²) < 4.78 is 2.97. The first-order valence-corrected chi connectivity index (χ1v) is 7.63. The van der Waals surface area contributed by atoms with Crippen molar-refractivity contribution in [3.8, 4) is 0 Å². The normalized spacial score (nSPS) is 16.5. The Bertz CT molecular complexity index is 625. The largest absolute Gasteiger partial charge is 0.331 e. The van der Waals surface area contributed by atoms with Gasteiger partial charge in [0.1, 0.15) is 0 Å². The standard InChI is InChI=1S/C14H18ClN3S/c15-11-4-5-13-12(10-11)16-14(19)18(13)9-3-8-17-6-1-2-7-17/h4-5,10H,1-3,6-9H2,(H,16,19). The van der Waals surface area contributed by atoms with Crippen LogP contribution in [0.1, 0.15) is 19.3 Å². The van der Waals surface area contributed by atoms with Gasteiger partial charge in [0, 0.05) is 11.6 Å². The Morgan fingerprint density at radius 3 is 2.79 bits per heavy atom. The van der Waals surface area contributed by atoms with Crippen LogP contribution in [-0.2, 0) is 6.54 Å². The molecule has 1 aliphatic heterocycles. The molecule has 0 bridgehead atoms. The fourth-order valence-electron chi connectivity index (χ4n) is 2.82. The van der Waals surface area contributed by atoms with E-state index in [0.29, 0.717) is 0 Å². The van der Waals surface area contributed by atoms with Crippen LogP contribution in [0.4, 0.5) is 0 Å². The zero-order valence-electron chi connectivity index (χ0n) is 10.9. The number of H-pyrrole nitrogens is 1. The van der Waals surface area contributed by atoms with Crippen molar-refractivity contribution in [3.05, 3.63) is 28.0 Å². The quantitative estimate of drug-likeness (QED) is 0.867. The van der Waals surface area contributed by atoms with Crippen molar-refractivity contribution in [2.24, 2.45) is 0 Å². The fourth-order valence-corrected chi connectivity index (χ4v) is 3.29. The topological polar surface area (TPSA) is 24.0 Å². The highest BCUT2D eigenvalue weighted by Gasteiger charge is 2.11. The average molecular weight is 296 g/mol. The van der Waals surface area contributed by atoms with Gasteiger partial charge in [-0.25, -0.2) is 0 Å². The molecule has 1 fully saturated rings. The maximum atomic E-state index is 6.00. The summed E-state index contributed by atoms with van der Waals surface area (Å²) in [6.45, 7) is 4.66. The molecule has 0 unspecified atom stereocenters. The van der Waals surface area contributed by atoms with Crippen LogP contribution in [0, 0.1) is 4.77 Å². The maximum Gasteiger partial charge on any atom is 0.178 e. The molecule has 2 aromatic rings. The molecule has 1 N–H and O–H groups in total. The monoisotopic (exact) mass is 295 g/mol. The first-order chi connectivity index (χ1) is 9.24. The molecule has 1 saturated heterocycles. The summed E-state index contributed by atoms with van der Waals surface area (Å²) in [6.07, 6.45) is 3.85. The van der Waals surface area contributed by atoms with Crippen molar-refractivity contribution in [2.45, 2.75) is 25.8 Å². The Labute approximate surface area is 123 Å². The van der Waals surface area contributed by atoms with Gasteiger partial charge in [-0.15, -0.1) is 0 Å². The summed E-state index contributed by atoms with van der Waals surface area (Å²) in [4.78, 5) is 5.76. The minimum Gasteiger partial charge on any atom is -0.331 e. The van der Waals surface area contributed by atoms with E-state index in [1.165, 1.54) is 32.5 Å². The molecule has 102 valence electrons. The van der Waals surface area contributed by atoms with Crippen molar-refractivity contribution >= 4 is 34.9 Å².